The first kappa shape index (κ1) is 22.0. The number of pyridine rings is 2. The molecule has 35 heavy (non-hydrogen) atoms. The van der Waals surface area contributed by atoms with Gasteiger partial charge in [-0.05, 0) is 48.8 Å². The Morgan fingerprint density at radius 2 is 1.97 bits per heavy atom. The van der Waals surface area contributed by atoms with E-state index in [4.69, 9.17) is 5.73 Å². The molecule has 2 aliphatic heterocycles. The molecule has 6 rings (SSSR count). The second-order valence-electron chi connectivity index (χ2n) is 9.58. The van der Waals surface area contributed by atoms with Gasteiger partial charge in [-0.2, -0.15) is 13.2 Å². The Balaban J connectivity index is 1.14. The number of nitrogens with one attached hydrogen (secondary N) is 3. The predicted molar refractivity (Wildman–Crippen MR) is 121 cm³/mol. The summed E-state index contributed by atoms with van der Waals surface area (Å²) in [5, 5.41) is 4.35. The summed E-state index contributed by atoms with van der Waals surface area (Å²) in [4.78, 5) is 23.0. The topological polar surface area (TPSA) is 111 Å². The Morgan fingerprint density at radius 1 is 1.17 bits per heavy atom. The molecule has 2 aromatic heterocycles. The molecule has 9 nitrogen and oxygen atoms in total. The fraction of sp³-hybridized carbons (Fsp3) is 0.435. The van der Waals surface area contributed by atoms with Crippen LogP contribution in [0.4, 0.5) is 24.8 Å². The Bertz CT molecular complexity index is 1210. The van der Waals surface area contributed by atoms with Crippen molar-refractivity contribution in [1.82, 2.24) is 31.3 Å². The van der Waals surface area contributed by atoms with E-state index in [1.165, 1.54) is 17.3 Å². The molecule has 1 amide bonds. The highest BCUT2D eigenvalue weighted by molar-refractivity contribution is 5.93. The highest BCUT2D eigenvalue weighted by atomic mass is 19.4. The van der Waals surface area contributed by atoms with Gasteiger partial charge in [0.15, 0.2) is 5.69 Å². The van der Waals surface area contributed by atoms with E-state index in [9.17, 15) is 18.0 Å². The summed E-state index contributed by atoms with van der Waals surface area (Å²) in [5.74, 6) is 1.62. The zero-order chi connectivity index (χ0) is 24.3. The molecule has 1 saturated heterocycles. The molecular formula is C23H25F3N8O. The van der Waals surface area contributed by atoms with E-state index >= 15 is 0 Å². The van der Waals surface area contributed by atoms with Crippen molar-refractivity contribution in [3.63, 3.8) is 0 Å². The van der Waals surface area contributed by atoms with Gasteiger partial charge in [0.05, 0.1) is 12.6 Å². The number of amides is 1. The number of aromatic nitrogens is 2. The molecule has 4 heterocycles. The molecule has 0 spiro atoms. The van der Waals surface area contributed by atoms with Crippen LogP contribution in [0.2, 0.25) is 0 Å². The number of halogens is 3. The molecule has 2 aromatic rings. The minimum absolute atomic E-state index is 0.0196. The van der Waals surface area contributed by atoms with Gasteiger partial charge < -0.3 is 16.0 Å². The highest BCUT2D eigenvalue weighted by Gasteiger charge is 2.46. The summed E-state index contributed by atoms with van der Waals surface area (Å²) in [6.07, 6.45) is -0.556. The minimum Gasteiger partial charge on any atom is -0.384 e. The number of nitrogen functional groups attached to an aromatic ring is 1. The number of hydrazine groups is 2. The van der Waals surface area contributed by atoms with Crippen LogP contribution in [-0.4, -0.2) is 34.0 Å². The number of nitrogens with zero attached hydrogens (tertiary/aromatic N) is 4. The third kappa shape index (κ3) is 4.22. The predicted octanol–water partition coefficient (Wildman–Crippen LogP) is 2.00. The maximum absolute atomic E-state index is 13.8. The van der Waals surface area contributed by atoms with Crippen LogP contribution in [0.1, 0.15) is 41.4 Å². The summed E-state index contributed by atoms with van der Waals surface area (Å²) < 4.78 is 41.5. The van der Waals surface area contributed by atoms with E-state index in [1.807, 2.05) is 11.0 Å². The van der Waals surface area contributed by atoms with Gasteiger partial charge in [0.1, 0.15) is 17.3 Å². The number of carbonyl (C=O) groups excluding carboxylic acids is 1. The molecule has 3 atom stereocenters. The molecule has 4 aliphatic rings. The van der Waals surface area contributed by atoms with Crippen LogP contribution in [-0.2, 0) is 23.9 Å². The van der Waals surface area contributed by atoms with Crippen molar-refractivity contribution in [1.29, 1.82) is 0 Å². The summed E-state index contributed by atoms with van der Waals surface area (Å²) in [5.41, 5.74) is 12.3. The van der Waals surface area contributed by atoms with Crippen LogP contribution in [0.3, 0.4) is 0 Å². The fourth-order valence-corrected chi connectivity index (χ4v) is 5.22. The second-order valence-corrected chi connectivity index (χ2v) is 9.58. The fourth-order valence-electron chi connectivity index (χ4n) is 5.22. The van der Waals surface area contributed by atoms with E-state index in [-0.39, 0.29) is 29.8 Å². The van der Waals surface area contributed by atoms with Gasteiger partial charge in [-0.1, -0.05) is 12.1 Å². The van der Waals surface area contributed by atoms with Crippen molar-refractivity contribution < 1.29 is 18.0 Å². The van der Waals surface area contributed by atoms with Crippen LogP contribution >= 0.6 is 0 Å². The monoisotopic (exact) mass is 486 g/mol. The number of hydrogen-bond acceptors (Lipinski definition) is 8. The SMILES string of the molecule is Nc1ccc2c(n1)CC[C@H]2NC(=O)C1=CN(Cc2ccc(N3CC4CC4C3)nc2C(F)(F)F)NN1. The molecule has 1 saturated carbocycles. The smallest absolute Gasteiger partial charge is 0.384 e. The lowest BCUT2D eigenvalue weighted by molar-refractivity contribution is -0.142. The molecule has 2 aliphatic carbocycles. The third-order valence-corrected chi connectivity index (χ3v) is 7.12. The zero-order valence-corrected chi connectivity index (χ0v) is 18.8. The number of nitrogens with two attached hydrogens (primary N) is 1. The summed E-state index contributed by atoms with van der Waals surface area (Å²) in [6, 6.07) is 6.47. The van der Waals surface area contributed by atoms with Gasteiger partial charge in [-0.3, -0.25) is 15.2 Å². The molecule has 184 valence electrons. The molecule has 0 radical (unpaired) electrons. The number of aryl methyl sites for hydroxylation is 1. The third-order valence-electron chi connectivity index (χ3n) is 7.12. The number of alkyl halides is 3. The van der Waals surface area contributed by atoms with Crippen molar-refractivity contribution in [3.8, 4) is 0 Å². The van der Waals surface area contributed by atoms with Gasteiger partial charge in [0.25, 0.3) is 5.91 Å². The van der Waals surface area contributed by atoms with Crippen LogP contribution in [0.25, 0.3) is 0 Å². The maximum atomic E-state index is 13.8. The van der Waals surface area contributed by atoms with Gasteiger partial charge in [0.2, 0.25) is 0 Å². The Kier molecular flexibility index (Phi) is 5.02. The van der Waals surface area contributed by atoms with E-state index in [2.05, 4.69) is 26.2 Å². The number of fused-ring (bicyclic) bond motifs is 2. The van der Waals surface area contributed by atoms with Crippen molar-refractivity contribution >= 4 is 17.5 Å². The van der Waals surface area contributed by atoms with Crippen LogP contribution in [0.15, 0.2) is 36.2 Å². The second kappa shape index (κ2) is 8.01. The van der Waals surface area contributed by atoms with Crippen LogP contribution < -0.4 is 26.9 Å². The van der Waals surface area contributed by atoms with Crippen LogP contribution in [0, 0.1) is 11.8 Å². The quantitative estimate of drug-likeness (QED) is 0.508. The first-order chi connectivity index (χ1) is 16.7. The first-order valence-corrected chi connectivity index (χ1v) is 11.6. The van der Waals surface area contributed by atoms with Crippen molar-refractivity contribution in [2.24, 2.45) is 11.8 Å². The van der Waals surface area contributed by atoms with Crippen molar-refractivity contribution in [2.45, 2.75) is 38.0 Å². The average molecular weight is 487 g/mol. The van der Waals surface area contributed by atoms with Crippen LogP contribution in [0.5, 0.6) is 0 Å². The summed E-state index contributed by atoms with van der Waals surface area (Å²) >= 11 is 0. The highest BCUT2D eigenvalue weighted by Crippen LogP contribution is 2.46. The molecule has 0 bridgehead atoms. The van der Waals surface area contributed by atoms with E-state index in [1.54, 1.807) is 12.1 Å². The lowest BCUT2D eigenvalue weighted by atomic mass is 10.1. The normalized spacial score (nSPS) is 24.7. The molecule has 2 fully saturated rings. The van der Waals surface area contributed by atoms with Gasteiger partial charge in [-0.25, -0.2) is 9.97 Å². The van der Waals surface area contributed by atoms with E-state index in [0.29, 0.717) is 36.3 Å². The molecule has 0 aromatic carbocycles. The Morgan fingerprint density at radius 3 is 2.74 bits per heavy atom. The van der Waals surface area contributed by atoms with E-state index < -0.39 is 11.9 Å². The number of piperidine rings is 1. The lowest BCUT2D eigenvalue weighted by Gasteiger charge is -2.23. The molecule has 5 N–H and O–H groups in total. The zero-order valence-electron chi connectivity index (χ0n) is 18.8. The van der Waals surface area contributed by atoms with Crippen molar-refractivity contribution in [2.75, 3.05) is 23.7 Å². The lowest BCUT2D eigenvalue weighted by Crippen LogP contribution is -2.39. The molecule has 2 unspecified atom stereocenters. The Labute approximate surface area is 199 Å². The molecule has 12 heteroatoms. The standard InChI is InChI=1S/C23H25F3N8O/c24-23(25,26)21-12(1-6-20(30-21)33-8-13-7-14(13)9-33)10-34-11-18(31-32-34)22(35)29-17-4-3-16-15(17)2-5-19(27)28-16/h1-2,5-6,11,13-14,17,31-32H,3-4,7-10H2,(H2,27,28)(H,29,35)/t13?,14?,17-/m1/s1. The molecular weight excluding hydrogens is 461 g/mol. The number of hydrogen-bond donors (Lipinski definition) is 4. The first-order valence-electron chi connectivity index (χ1n) is 11.6. The van der Waals surface area contributed by atoms with Crippen molar-refractivity contribution in [3.05, 3.63) is 58.7 Å². The number of carbonyl (C=O) groups is 1. The average Bonchev–Trinajstić information content (AvgIpc) is 3.17. The van der Waals surface area contributed by atoms with Gasteiger partial charge in [-0.15, -0.1) is 5.53 Å². The number of anilines is 2. The van der Waals surface area contributed by atoms with Gasteiger partial charge >= 0.3 is 6.18 Å². The number of rotatable bonds is 5. The summed E-state index contributed by atoms with van der Waals surface area (Å²) in [7, 11) is 0. The minimum atomic E-state index is -4.58. The largest absolute Gasteiger partial charge is 0.433 e. The Hall–Kier alpha value is -3.54. The summed E-state index contributed by atoms with van der Waals surface area (Å²) in [6.45, 7) is 1.41. The van der Waals surface area contributed by atoms with E-state index in [0.717, 1.165) is 30.8 Å². The maximum Gasteiger partial charge on any atom is 0.433 e. The van der Waals surface area contributed by atoms with Gasteiger partial charge in [0, 0.05) is 30.5 Å².